The van der Waals surface area contributed by atoms with Crippen molar-refractivity contribution in [3.63, 3.8) is 0 Å². The van der Waals surface area contributed by atoms with Crippen LogP contribution < -0.4 is 5.32 Å². The summed E-state index contributed by atoms with van der Waals surface area (Å²) in [6.45, 7) is 2.89. The first kappa shape index (κ1) is 13.5. The van der Waals surface area contributed by atoms with Crippen molar-refractivity contribution in [3.8, 4) is 0 Å². The molecule has 0 aliphatic heterocycles. The van der Waals surface area contributed by atoms with E-state index in [0.29, 0.717) is 12.0 Å². The Hall–Kier alpha value is -0.610. The topological polar surface area (TPSA) is 12.0 Å². The van der Waals surface area contributed by atoms with Gasteiger partial charge in [0.15, 0.2) is 0 Å². The zero-order chi connectivity index (χ0) is 12.0. The van der Waals surface area contributed by atoms with E-state index in [9.17, 15) is 8.78 Å². The fraction of sp³-hybridized carbons (Fsp3) is 0.500. The molecule has 0 amide bonds. The van der Waals surface area contributed by atoms with Gasteiger partial charge < -0.3 is 5.32 Å². The molecule has 0 bridgehead atoms. The van der Waals surface area contributed by atoms with E-state index in [4.69, 9.17) is 0 Å². The minimum absolute atomic E-state index is 0.265. The molecule has 16 heavy (non-hydrogen) atoms. The number of hydrogen-bond acceptors (Lipinski definition) is 2. The van der Waals surface area contributed by atoms with E-state index in [0.717, 1.165) is 18.4 Å². The van der Waals surface area contributed by atoms with Crippen molar-refractivity contribution < 1.29 is 8.78 Å². The zero-order valence-electron chi connectivity index (χ0n) is 9.59. The van der Waals surface area contributed by atoms with E-state index >= 15 is 0 Å². The van der Waals surface area contributed by atoms with Gasteiger partial charge >= 0.3 is 0 Å². The van der Waals surface area contributed by atoms with Gasteiger partial charge in [-0.1, -0.05) is 6.92 Å². The average molecular weight is 245 g/mol. The van der Waals surface area contributed by atoms with Crippen LogP contribution in [-0.4, -0.2) is 24.6 Å². The normalized spacial score (nSPS) is 12.8. The van der Waals surface area contributed by atoms with Gasteiger partial charge in [0, 0.05) is 17.9 Å². The maximum atomic E-state index is 13.0. The number of rotatable bonds is 6. The Morgan fingerprint density at radius 1 is 1.25 bits per heavy atom. The molecule has 1 aromatic rings. The molecule has 0 saturated heterocycles. The molecule has 0 fully saturated rings. The van der Waals surface area contributed by atoms with Gasteiger partial charge in [-0.25, -0.2) is 8.78 Å². The standard InChI is InChI=1S/C12H17F2NS/c1-3-15-12(8-16-2)6-9-4-10(13)7-11(14)5-9/h4-5,7,12,15H,3,6,8H2,1-2H3. The van der Waals surface area contributed by atoms with Crippen LogP contribution in [0.15, 0.2) is 18.2 Å². The quantitative estimate of drug-likeness (QED) is 0.827. The maximum absolute atomic E-state index is 13.0. The zero-order valence-corrected chi connectivity index (χ0v) is 10.4. The van der Waals surface area contributed by atoms with Crippen LogP contribution in [-0.2, 0) is 6.42 Å². The van der Waals surface area contributed by atoms with E-state index < -0.39 is 11.6 Å². The molecule has 0 aromatic heterocycles. The first-order chi connectivity index (χ1) is 7.65. The molecule has 1 aromatic carbocycles. The van der Waals surface area contributed by atoms with Gasteiger partial charge in [-0.2, -0.15) is 11.8 Å². The molecule has 4 heteroatoms. The van der Waals surface area contributed by atoms with Crippen molar-refractivity contribution in [1.82, 2.24) is 5.32 Å². The van der Waals surface area contributed by atoms with Crippen molar-refractivity contribution in [3.05, 3.63) is 35.4 Å². The predicted octanol–water partition coefficient (Wildman–Crippen LogP) is 2.85. The third-order valence-electron chi connectivity index (χ3n) is 2.27. The van der Waals surface area contributed by atoms with Crippen molar-refractivity contribution in [2.24, 2.45) is 0 Å². The Balaban J connectivity index is 2.68. The third-order valence-corrected chi connectivity index (χ3v) is 3.00. The Morgan fingerprint density at radius 3 is 2.38 bits per heavy atom. The van der Waals surface area contributed by atoms with Crippen LogP contribution in [0, 0.1) is 11.6 Å². The lowest BCUT2D eigenvalue weighted by molar-refractivity contribution is 0.555. The predicted molar refractivity (Wildman–Crippen MR) is 65.9 cm³/mol. The second kappa shape index (κ2) is 6.86. The molecule has 0 saturated carbocycles. The van der Waals surface area contributed by atoms with Gasteiger partial charge in [-0.3, -0.25) is 0 Å². The highest BCUT2D eigenvalue weighted by Gasteiger charge is 2.09. The van der Waals surface area contributed by atoms with E-state index in [2.05, 4.69) is 5.32 Å². The number of likely N-dealkylation sites (N-methyl/N-ethyl adjacent to an activating group) is 1. The lowest BCUT2D eigenvalue weighted by Crippen LogP contribution is -2.33. The number of halogens is 2. The summed E-state index contributed by atoms with van der Waals surface area (Å²) < 4.78 is 26.0. The van der Waals surface area contributed by atoms with Crippen LogP contribution in [0.1, 0.15) is 12.5 Å². The lowest BCUT2D eigenvalue weighted by Gasteiger charge is -2.16. The molecular weight excluding hydrogens is 228 g/mol. The molecule has 0 heterocycles. The molecule has 1 rings (SSSR count). The molecule has 0 aliphatic rings. The van der Waals surface area contributed by atoms with Crippen LogP contribution in [0.3, 0.4) is 0 Å². The number of benzene rings is 1. The number of nitrogens with one attached hydrogen (secondary N) is 1. The summed E-state index contributed by atoms with van der Waals surface area (Å²) in [5.74, 6) is -0.0739. The highest BCUT2D eigenvalue weighted by molar-refractivity contribution is 7.98. The first-order valence-corrected chi connectivity index (χ1v) is 6.72. The summed E-state index contributed by atoms with van der Waals surface area (Å²) >= 11 is 1.73. The summed E-state index contributed by atoms with van der Waals surface area (Å²) in [7, 11) is 0. The van der Waals surface area contributed by atoms with Crippen LogP contribution >= 0.6 is 11.8 Å². The van der Waals surface area contributed by atoms with Gasteiger partial charge in [0.25, 0.3) is 0 Å². The third kappa shape index (κ3) is 4.49. The largest absolute Gasteiger partial charge is 0.313 e. The minimum atomic E-state index is -0.505. The van der Waals surface area contributed by atoms with Crippen molar-refractivity contribution in [2.75, 3.05) is 18.6 Å². The molecule has 1 atom stereocenters. The Labute approximate surface area is 99.6 Å². The Bertz CT molecular complexity index is 305. The summed E-state index contributed by atoms with van der Waals surface area (Å²) in [6, 6.07) is 3.96. The van der Waals surface area contributed by atoms with Crippen LogP contribution in [0.5, 0.6) is 0 Å². The van der Waals surface area contributed by atoms with Crippen molar-refractivity contribution >= 4 is 11.8 Å². The van der Waals surface area contributed by atoms with Crippen LogP contribution in [0.25, 0.3) is 0 Å². The second-order valence-electron chi connectivity index (χ2n) is 3.69. The maximum Gasteiger partial charge on any atom is 0.126 e. The number of thioether (sulfide) groups is 1. The smallest absolute Gasteiger partial charge is 0.126 e. The first-order valence-electron chi connectivity index (χ1n) is 5.33. The van der Waals surface area contributed by atoms with Crippen molar-refractivity contribution in [1.29, 1.82) is 0 Å². The van der Waals surface area contributed by atoms with E-state index in [1.54, 1.807) is 11.8 Å². The summed E-state index contributed by atoms with van der Waals surface area (Å²) in [5, 5.41) is 3.31. The molecule has 1 unspecified atom stereocenters. The Morgan fingerprint density at radius 2 is 1.88 bits per heavy atom. The molecule has 0 spiro atoms. The molecule has 0 radical (unpaired) electrons. The van der Waals surface area contributed by atoms with E-state index in [1.165, 1.54) is 12.1 Å². The van der Waals surface area contributed by atoms with Gasteiger partial charge in [0.1, 0.15) is 11.6 Å². The van der Waals surface area contributed by atoms with Gasteiger partial charge in [-0.05, 0) is 36.9 Å². The van der Waals surface area contributed by atoms with E-state index in [1.807, 2.05) is 13.2 Å². The lowest BCUT2D eigenvalue weighted by atomic mass is 10.1. The highest BCUT2D eigenvalue weighted by atomic mass is 32.2. The van der Waals surface area contributed by atoms with Crippen LogP contribution in [0.2, 0.25) is 0 Å². The van der Waals surface area contributed by atoms with E-state index in [-0.39, 0.29) is 6.04 Å². The monoisotopic (exact) mass is 245 g/mol. The second-order valence-corrected chi connectivity index (χ2v) is 4.60. The highest BCUT2D eigenvalue weighted by Crippen LogP contribution is 2.11. The van der Waals surface area contributed by atoms with Crippen molar-refractivity contribution in [2.45, 2.75) is 19.4 Å². The number of hydrogen-bond donors (Lipinski definition) is 1. The van der Waals surface area contributed by atoms with Gasteiger partial charge in [-0.15, -0.1) is 0 Å². The van der Waals surface area contributed by atoms with Gasteiger partial charge in [0.05, 0.1) is 0 Å². The molecule has 90 valence electrons. The van der Waals surface area contributed by atoms with Crippen LogP contribution in [0.4, 0.5) is 8.78 Å². The fourth-order valence-electron chi connectivity index (χ4n) is 1.69. The Kier molecular flexibility index (Phi) is 5.77. The summed E-state index contributed by atoms with van der Waals surface area (Å²) in [4.78, 5) is 0. The summed E-state index contributed by atoms with van der Waals surface area (Å²) in [6.07, 6.45) is 2.68. The van der Waals surface area contributed by atoms with Gasteiger partial charge in [0.2, 0.25) is 0 Å². The summed E-state index contributed by atoms with van der Waals surface area (Å²) in [5.41, 5.74) is 0.706. The molecule has 0 aliphatic carbocycles. The fourth-order valence-corrected chi connectivity index (χ4v) is 2.33. The average Bonchev–Trinajstić information content (AvgIpc) is 2.16. The SMILES string of the molecule is CCNC(CSC)Cc1cc(F)cc(F)c1. The molecule has 1 N–H and O–H groups in total. The molecule has 1 nitrogen and oxygen atoms in total. The molecular formula is C12H17F2NS. The minimum Gasteiger partial charge on any atom is -0.313 e.